The molecule has 4 rings (SSSR count). The van der Waals surface area contributed by atoms with Gasteiger partial charge in [-0.25, -0.2) is 4.79 Å². The zero-order valence-electron chi connectivity index (χ0n) is 16.0. The van der Waals surface area contributed by atoms with Gasteiger partial charge in [-0.2, -0.15) is 0 Å². The molecule has 0 atom stereocenters. The number of nitrogen functional groups attached to an aromatic ring is 1. The summed E-state index contributed by atoms with van der Waals surface area (Å²) in [6.45, 7) is 1.71. The maximum atomic E-state index is 11.3. The first-order valence-corrected chi connectivity index (χ1v) is 9.31. The molecule has 0 unspecified atom stereocenters. The molecule has 3 aromatic rings. The summed E-state index contributed by atoms with van der Waals surface area (Å²) in [4.78, 5) is 11.3. The van der Waals surface area contributed by atoms with Crippen LogP contribution in [-0.2, 0) is 5.54 Å². The van der Waals surface area contributed by atoms with E-state index in [1.807, 2.05) is 54.6 Å². The Balaban J connectivity index is 1.71. The van der Waals surface area contributed by atoms with E-state index in [4.69, 9.17) is 5.73 Å². The number of aromatic nitrogens is 2. The number of hydrogen-bond donors (Lipinski definition) is 4. The lowest BCUT2D eigenvalue weighted by Crippen LogP contribution is -2.61. The molecule has 0 saturated heterocycles. The molecule has 29 heavy (non-hydrogen) atoms. The fraction of sp³-hybridized carbons (Fsp3) is 0.227. The Bertz CT molecular complexity index is 1040. The fourth-order valence-corrected chi connectivity index (χ4v) is 4.22. The van der Waals surface area contributed by atoms with Crippen molar-refractivity contribution in [1.29, 1.82) is 0 Å². The summed E-state index contributed by atoms with van der Waals surface area (Å²) in [6, 6.07) is 19.1. The van der Waals surface area contributed by atoms with Crippen molar-refractivity contribution in [3.8, 4) is 22.4 Å². The molecule has 7 nitrogen and oxygen atoms in total. The zero-order chi connectivity index (χ0) is 20.6. The van der Waals surface area contributed by atoms with Crippen molar-refractivity contribution in [3.05, 3.63) is 66.2 Å². The SMILES string of the molecule is C[C@]1(O)C[C@@](NC(=O)O)(c2ccc(-c3nnc(N)cc3-c3ccccc3)cc2)C1. The Morgan fingerprint density at radius 3 is 2.28 bits per heavy atom. The molecule has 1 heterocycles. The van der Waals surface area contributed by atoms with Gasteiger partial charge in [0, 0.05) is 24.0 Å². The first-order valence-electron chi connectivity index (χ1n) is 9.31. The standard InChI is InChI=1S/C22H22N4O3/c1-21(29)12-22(13-21,24-20(27)28)16-9-7-15(8-10-16)19-17(11-18(23)25-26-19)14-5-3-2-4-6-14/h2-11,24,29H,12-13H2,1H3,(H2,23,25)(H,27,28)/t21-,22-. The van der Waals surface area contributed by atoms with Gasteiger partial charge in [-0.1, -0.05) is 54.6 Å². The number of benzene rings is 2. The first-order chi connectivity index (χ1) is 13.8. The average molecular weight is 390 g/mol. The predicted molar refractivity (Wildman–Crippen MR) is 110 cm³/mol. The molecule has 0 spiro atoms. The molecule has 0 bridgehead atoms. The van der Waals surface area contributed by atoms with Gasteiger partial charge in [0.1, 0.15) is 11.5 Å². The average Bonchev–Trinajstić information content (AvgIpc) is 2.67. The van der Waals surface area contributed by atoms with Crippen LogP contribution in [-0.4, -0.2) is 32.1 Å². The van der Waals surface area contributed by atoms with E-state index in [-0.39, 0.29) is 0 Å². The third-order valence-electron chi connectivity index (χ3n) is 5.32. The fourth-order valence-electron chi connectivity index (χ4n) is 4.22. The second-order valence-corrected chi connectivity index (χ2v) is 7.84. The topological polar surface area (TPSA) is 121 Å². The number of aliphatic hydroxyl groups is 1. The number of nitrogens with zero attached hydrogens (tertiary/aromatic N) is 2. The lowest BCUT2D eigenvalue weighted by Gasteiger charge is -2.51. The number of nitrogens with one attached hydrogen (secondary N) is 1. The van der Waals surface area contributed by atoms with Gasteiger partial charge in [0.25, 0.3) is 0 Å². The van der Waals surface area contributed by atoms with Crippen molar-refractivity contribution >= 4 is 11.9 Å². The van der Waals surface area contributed by atoms with Crippen LogP contribution in [0.4, 0.5) is 10.6 Å². The summed E-state index contributed by atoms with van der Waals surface area (Å²) in [6.07, 6.45) is -0.467. The molecule has 0 aliphatic heterocycles. The van der Waals surface area contributed by atoms with E-state index in [0.29, 0.717) is 24.4 Å². The van der Waals surface area contributed by atoms with E-state index < -0.39 is 17.2 Å². The first kappa shape index (κ1) is 18.9. The second kappa shape index (κ2) is 6.86. The summed E-state index contributed by atoms with van der Waals surface area (Å²) >= 11 is 0. The van der Waals surface area contributed by atoms with Gasteiger partial charge >= 0.3 is 6.09 Å². The highest BCUT2D eigenvalue weighted by Crippen LogP contribution is 2.48. The minimum Gasteiger partial charge on any atom is -0.465 e. The number of rotatable bonds is 4. The maximum Gasteiger partial charge on any atom is 0.405 e. The molecule has 0 radical (unpaired) electrons. The van der Waals surface area contributed by atoms with Crippen molar-refractivity contribution in [2.24, 2.45) is 0 Å². The molecule has 1 aliphatic rings. The Morgan fingerprint density at radius 2 is 1.69 bits per heavy atom. The van der Waals surface area contributed by atoms with Crippen LogP contribution >= 0.6 is 0 Å². The van der Waals surface area contributed by atoms with Crippen molar-refractivity contribution < 1.29 is 15.0 Å². The van der Waals surface area contributed by atoms with E-state index >= 15 is 0 Å². The lowest BCUT2D eigenvalue weighted by molar-refractivity contribution is -0.0858. The minimum absolute atomic E-state index is 0.322. The largest absolute Gasteiger partial charge is 0.465 e. The number of hydrogen-bond acceptors (Lipinski definition) is 5. The number of carbonyl (C=O) groups is 1. The Morgan fingerprint density at radius 1 is 1.03 bits per heavy atom. The Labute approximate surface area is 168 Å². The van der Waals surface area contributed by atoms with Gasteiger partial charge in [0.15, 0.2) is 0 Å². The van der Waals surface area contributed by atoms with Crippen LogP contribution < -0.4 is 11.1 Å². The summed E-state index contributed by atoms with van der Waals surface area (Å²) in [7, 11) is 0. The third kappa shape index (κ3) is 3.64. The number of carboxylic acid groups (broad SMARTS) is 1. The van der Waals surface area contributed by atoms with Crippen LogP contribution in [0.1, 0.15) is 25.3 Å². The van der Waals surface area contributed by atoms with E-state index in [0.717, 1.165) is 22.3 Å². The van der Waals surface area contributed by atoms with Gasteiger partial charge < -0.3 is 21.3 Å². The smallest absolute Gasteiger partial charge is 0.405 e. The van der Waals surface area contributed by atoms with Crippen LogP contribution in [0.3, 0.4) is 0 Å². The molecule has 1 amide bonds. The Kier molecular flexibility index (Phi) is 4.47. The summed E-state index contributed by atoms with van der Waals surface area (Å²) in [5.74, 6) is 0.338. The maximum absolute atomic E-state index is 11.3. The number of nitrogens with two attached hydrogens (primary N) is 1. The molecule has 1 aliphatic carbocycles. The monoisotopic (exact) mass is 390 g/mol. The molecule has 1 aromatic heterocycles. The number of amides is 1. The molecule has 1 fully saturated rings. The van der Waals surface area contributed by atoms with Gasteiger partial charge in [-0.15, -0.1) is 10.2 Å². The highest BCUT2D eigenvalue weighted by molar-refractivity contribution is 5.81. The van der Waals surface area contributed by atoms with Crippen molar-refractivity contribution in [2.45, 2.75) is 30.9 Å². The highest BCUT2D eigenvalue weighted by Gasteiger charge is 2.53. The van der Waals surface area contributed by atoms with E-state index in [1.54, 1.807) is 13.0 Å². The molecule has 1 saturated carbocycles. The van der Waals surface area contributed by atoms with Crippen LogP contribution in [0, 0.1) is 0 Å². The second-order valence-electron chi connectivity index (χ2n) is 7.84. The minimum atomic E-state index is -1.11. The van der Waals surface area contributed by atoms with Gasteiger partial charge in [0.05, 0.1) is 11.1 Å². The summed E-state index contributed by atoms with van der Waals surface area (Å²) in [5.41, 5.74) is 8.38. The van der Waals surface area contributed by atoms with Crippen molar-refractivity contribution in [1.82, 2.24) is 15.5 Å². The number of anilines is 1. The lowest BCUT2D eigenvalue weighted by atomic mass is 9.62. The zero-order valence-corrected chi connectivity index (χ0v) is 16.0. The van der Waals surface area contributed by atoms with Crippen LogP contribution in [0.5, 0.6) is 0 Å². The quantitative estimate of drug-likeness (QED) is 0.542. The highest BCUT2D eigenvalue weighted by atomic mass is 16.4. The van der Waals surface area contributed by atoms with Crippen molar-refractivity contribution in [2.75, 3.05) is 5.73 Å². The van der Waals surface area contributed by atoms with Crippen molar-refractivity contribution in [3.63, 3.8) is 0 Å². The normalized spacial score (nSPS) is 23.2. The molecule has 2 aromatic carbocycles. The molecule has 148 valence electrons. The third-order valence-corrected chi connectivity index (χ3v) is 5.32. The van der Waals surface area contributed by atoms with Gasteiger partial charge in [0.2, 0.25) is 0 Å². The molecular formula is C22H22N4O3. The summed E-state index contributed by atoms with van der Waals surface area (Å²) < 4.78 is 0. The van der Waals surface area contributed by atoms with Gasteiger partial charge in [-0.3, -0.25) is 0 Å². The van der Waals surface area contributed by atoms with Gasteiger partial charge in [-0.05, 0) is 24.1 Å². The molecule has 7 heteroatoms. The van der Waals surface area contributed by atoms with E-state index in [9.17, 15) is 15.0 Å². The predicted octanol–water partition coefficient (Wildman–Crippen LogP) is 3.40. The van der Waals surface area contributed by atoms with E-state index in [1.165, 1.54) is 0 Å². The van der Waals surface area contributed by atoms with Crippen LogP contribution in [0.15, 0.2) is 60.7 Å². The Hall–Kier alpha value is -3.45. The van der Waals surface area contributed by atoms with E-state index in [2.05, 4.69) is 15.5 Å². The molecular weight excluding hydrogens is 368 g/mol. The van der Waals surface area contributed by atoms with Crippen LogP contribution in [0.25, 0.3) is 22.4 Å². The van der Waals surface area contributed by atoms with Crippen LogP contribution in [0.2, 0.25) is 0 Å². The summed E-state index contributed by atoms with van der Waals surface area (Å²) in [5, 5.41) is 30.3. The molecule has 5 N–H and O–H groups in total.